The van der Waals surface area contributed by atoms with E-state index in [2.05, 4.69) is 111 Å². The first-order chi connectivity index (χ1) is 11.8. The molecule has 0 aromatic heterocycles. The zero-order valence-electron chi connectivity index (χ0n) is 15.5. The second-order valence-corrected chi connectivity index (χ2v) is 5.98. The molecule has 0 nitrogen and oxygen atoms in total. The van der Waals surface area contributed by atoms with Crippen molar-refractivity contribution in [1.29, 1.82) is 0 Å². The van der Waals surface area contributed by atoms with Gasteiger partial charge in [0.1, 0.15) is 0 Å². The quantitative estimate of drug-likeness (QED) is 0.378. The van der Waals surface area contributed by atoms with E-state index in [1.807, 2.05) is 0 Å². The van der Waals surface area contributed by atoms with Crippen LogP contribution >= 0.6 is 0 Å². The summed E-state index contributed by atoms with van der Waals surface area (Å²) in [4.78, 5) is 0. The van der Waals surface area contributed by atoms with Gasteiger partial charge >= 0.3 is 26.2 Å². The summed E-state index contributed by atoms with van der Waals surface area (Å²) >= 11 is 0. The van der Waals surface area contributed by atoms with Gasteiger partial charge in [-0.1, -0.05) is 61.4 Å². The van der Waals surface area contributed by atoms with Crippen molar-refractivity contribution in [2.45, 2.75) is 13.8 Å². The maximum Gasteiger partial charge on any atom is 4.00 e. The van der Waals surface area contributed by atoms with Crippen LogP contribution < -0.4 is 24.8 Å². The Morgan fingerprint density at radius 3 is 1.07 bits per heavy atom. The number of hydrogen-bond acceptors (Lipinski definition) is 0. The van der Waals surface area contributed by atoms with E-state index in [1.54, 1.807) is 0 Å². The maximum absolute atomic E-state index is 2.16. The molecule has 0 aliphatic rings. The van der Waals surface area contributed by atoms with Crippen LogP contribution in [-0.4, -0.2) is 0 Å². The Morgan fingerprint density at radius 2 is 0.778 bits per heavy atom. The molecule has 27 heavy (non-hydrogen) atoms. The second-order valence-electron chi connectivity index (χ2n) is 5.98. The molecular formula is C24H22Cl2Zr. The smallest absolute Gasteiger partial charge is 1.00 e. The Hall–Kier alpha value is -1.40. The van der Waals surface area contributed by atoms with Crippen molar-refractivity contribution < 1.29 is 51.0 Å². The minimum atomic E-state index is 0. The monoisotopic (exact) mass is 470 g/mol. The topological polar surface area (TPSA) is 0 Å². The molecule has 4 rings (SSSR count). The van der Waals surface area contributed by atoms with Crippen LogP contribution in [0, 0.1) is 13.8 Å². The Kier molecular flexibility index (Phi) is 12.2. The summed E-state index contributed by atoms with van der Waals surface area (Å²) in [6.45, 7) is 4.28. The van der Waals surface area contributed by atoms with Crippen molar-refractivity contribution in [2.75, 3.05) is 0 Å². The third-order valence-corrected chi connectivity index (χ3v) is 4.24. The number of aryl methyl sites for hydroxylation is 2. The van der Waals surface area contributed by atoms with E-state index in [9.17, 15) is 0 Å². The number of halogens is 2. The molecule has 0 saturated carbocycles. The van der Waals surface area contributed by atoms with Crippen LogP contribution in [0.2, 0.25) is 0 Å². The van der Waals surface area contributed by atoms with Crippen LogP contribution in [0.25, 0.3) is 22.3 Å². The van der Waals surface area contributed by atoms with Gasteiger partial charge in [0.25, 0.3) is 0 Å². The zero-order chi connectivity index (χ0) is 16.8. The van der Waals surface area contributed by atoms with Crippen LogP contribution in [0.1, 0.15) is 11.1 Å². The summed E-state index contributed by atoms with van der Waals surface area (Å²) in [6.07, 6.45) is 0. The number of rotatable bonds is 2. The molecule has 0 saturated heterocycles. The summed E-state index contributed by atoms with van der Waals surface area (Å²) in [5.74, 6) is 0. The minimum Gasteiger partial charge on any atom is -1.00 e. The predicted octanol–water partition coefficient (Wildman–Crippen LogP) is 0.767. The Bertz CT molecular complexity index is 803. The van der Waals surface area contributed by atoms with E-state index >= 15 is 0 Å². The summed E-state index contributed by atoms with van der Waals surface area (Å²) in [5, 5.41) is 0. The van der Waals surface area contributed by atoms with Gasteiger partial charge in [-0.3, -0.25) is 0 Å². The molecule has 0 radical (unpaired) electrons. The number of hydrogen-bond donors (Lipinski definition) is 0. The molecule has 4 aromatic carbocycles. The Morgan fingerprint density at radius 1 is 0.481 bits per heavy atom. The van der Waals surface area contributed by atoms with Crippen LogP contribution in [-0.2, 0) is 26.2 Å². The Balaban J connectivity index is 0.000000451. The van der Waals surface area contributed by atoms with Crippen molar-refractivity contribution >= 4 is 0 Å². The van der Waals surface area contributed by atoms with Gasteiger partial charge in [-0.15, -0.1) is 58.7 Å². The molecule has 136 valence electrons. The van der Waals surface area contributed by atoms with Crippen LogP contribution in [0.3, 0.4) is 0 Å². The first kappa shape index (κ1) is 25.6. The van der Waals surface area contributed by atoms with Gasteiger partial charge in [-0.25, -0.2) is 0 Å². The molecule has 4 aromatic rings. The van der Waals surface area contributed by atoms with Crippen molar-refractivity contribution in [3.05, 3.63) is 108 Å². The summed E-state index contributed by atoms with van der Waals surface area (Å²) < 4.78 is 0. The second kappa shape index (κ2) is 12.9. The van der Waals surface area contributed by atoms with Gasteiger partial charge in [0.15, 0.2) is 0 Å². The molecule has 0 bridgehead atoms. The average molecular weight is 473 g/mol. The van der Waals surface area contributed by atoms with E-state index in [0.717, 1.165) is 0 Å². The van der Waals surface area contributed by atoms with E-state index in [1.165, 1.54) is 33.4 Å². The van der Waals surface area contributed by atoms with Crippen LogP contribution in [0.4, 0.5) is 0 Å². The fourth-order valence-electron chi connectivity index (χ4n) is 2.90. The summed E-state index contributed by atoms with van der Waals surface area (Å²) in [6, 6.07) is 33.7. The molecule has 0 aliphatic heterocycles. The maximum atomic E-state index is 2.16. The van der Waals surface area contributed by atoms with Crippen molar-refractivity contribution in [3.8, 4) is 22.3 Å². The first-order valence-corrected chi connectivity index (χ1v) is 8.31. The minimum absolute atomic E-state index is 0. The molecule has 0 N–H and O–H groups in total. The van der Waals surface area contributed by atoms with Crippen molar-refractivity contribution in [3.63, 3.8) is 0 Å². The third kappa shape index (κ3) is 6.93. The summed E-state index contributed by atoms with van der Waals surface area (Å²) in [5.41, 5.74) is 7.97. The average Bonchev–Trinajstić information content (AvgIpc) is 3.30. The fourth-order valence-corrected chi connectivity index (χ4v) is 2.90. The van der Waals surface area contributed by atoms with Gasteiger partial charge in [0.2, 0.25) is 0 Å². The molecular weight excluding hydrogens is 450 g/mol. The van der Waals surface area contributed by atoms with E-state index in [-0.39, 0.29) is 51.0 Å². The van der Waals surface area contributed by atoms with Gasteiger partial charge < -0.3 is 24.8 Å². The first-order valence-electron chi connectivity index (χ1n) is 8.31. The normalized spacial score (nSPS) is 8.96. The van der Waals surface area contributed by atoms with Crippen molar-refractivity contribution in [2.24, 2.45) is 0 Å². The van der Waals surface area contributed by atoms with Gasteiger partial charge in [0, 0.05) is 0 Å². The molecule has 0 atom stereocenters. The SMILES string of the molecule is Cc1ccccc1-[c-]1cccc1.Cc1ccccc1-[c-]1cccc1.[Cl-].[Cl-].[Zr+4]. The van der Waals surface area contributed by atoms with E-state index < -0.39 is 0 Å². The molecule has 3 heteroatoms. The summed E-state index contributed by atoms with van der Waals surface area (Å²) in [7, 11) is 0. The van der Waals surface area contributed by atoms with Gasteiger partial charge in [-0.05, 0) is 0 Å². The third-order valence-electron chi connectivity index (χ3n) is 4.24. The number of benzene rings is 2. The Labute approximate surface area is 194 Å². The van der Waals surface area contributed by atoms with Crippen LogP contribution in [0.5, 0.6) is 0 Å². The van der Waals surface area contributed by atoms with Gasteiger partial charge in [0.05, 0.1) is 0 Å². The molecule has 0 aliphatic carbocycles. The standard InChI is InChI=1S/2C12H11.2ClH.Zr/c2*1-10-6-2-5-9-12(10)11-7-3-4-8-11;;;/h2*2-9H,1H3;2*1H;/q2*-1;;;+4/p-2. The van der Waals surface area contributed by atoms with Crippen LogP contribution in [0.15, 0.2) is 97.1 Å². The molecule has 0 heterocycles. The fraction of sp³-hybridized carbons (Fsp3) is 0.0833. The van der Waals surface area contributed by atoms with E-state index in [0.29, 0.717) is 0 Å². The predicted molar refractivity (Wildman–Crippen MR) is 104 cm³/mol. The largest absolute Gasteiger partial charge is 4.00 e. The van der Waals surface area contributed by atoms with E-state index in [4.69, 9.17) is 0 Å². The molecule has 0 unspecified atom stereocenters. The molecule has 0 fully saturated rings. The van der Waals surface area contributed by atoms with Gasteiger partial charge in [-0.2, -0.15) is 24.3 Å². The molecule has 0 spiro atoms. The zero-order valence-corrected chi connectivity index (χ0v) is 19.5. The van der Waals surface area contributed by atoms with Crippen molar-refractivity contribution in [1.82, 2.24) is 0 Å². The molecule has 0 amide bonds.